The van der Waals surface area contributed by atoms with Crippen molar-refractivity contribution in [3.8, 4) is 0 Å². The van der Waals surface area contributed by atoms with E-state index in [1.807, 2.05) is 23.9 Å². The van der Waals surface area contributed by atoms with Crippen molar-refractivity contribution in [1.82, 2.24) is 0 Å². The van der Waals surface area contributed by atoms with Crippen molar-refractivity contribution in [2.24, 2.45) is 0 Å². The number of hydrogen-bond donors (Lipinski definition) is 1. The van der Waals surface area contributed by atoms with Gasteiger partial charge in [0.1, 0.15) is 0 Å². The summed E-state index contributed by atoms with van der Waals surface area (Å²) in [5.74, 6) is 2.10. The van der Waals surface area contributed by atoms with Crippen LogP contribution < -0.4 is 5.73 Å². The second-order valence-corrected chi connectivity index (χ2v) is 5.21. The number of nitrogens with two attached hydrogens (primary N) is 1. The molecule has 0 amide bonds. The Hall–Kier alpha value is -1.41. The SMILES string of the molecule is Cc1cccc(CSCc2ccc(N)cc2)c1. The standard InChI is InChI=1S/C15H17NS/c1-12-3-2-4-14(9-12)11-17-10-13-5-7-15(16)8-6-13/h2-9H,10-11,16H2,1H3. The summed E-state index contributed by atoms with van der Waals surface area (Å²) in [6, 6.07) is 16.8. The molecule has 0 saturated heterocycles. The van der Waals surface area contributed by atoms with Crippen molar-refractivity contribution < 1.29 is 0 Å². The predicted octanol–water partition coefficient (Wildman–Crippen LogP) is 4.01. The first-order valence-corrected chi connectivity index (χ1v) is 6.87. The van der Waals surface area contributed by atoms with E-state index in [0.717, 1.165) is 17.2 Å². The van der Waals surface area contributed by atoms with Crippen molar-refractivity contribution in [1.29, 1.82) is 0 Å². The van der Waals surface area contributed by atoms with Crippen molar-refractivity contribution in [2.45, 2.75) is 18.4 Å². The Morgan fingerprint density at radius 1 is 0.941 bits per heavy atom. The van der Waals surface area contributed by atoms with Crippen LogP contribution in [-0.4, -0.2) is 0 Å². The Balaban J connectivity index is 1.85. The highest BCUT2D eigenvalue weighted by Crippen LogP contribution is 2.19. The predicted molar refractivity (Wildman–Crippen MR) is 77.0 cm³/mol. The third-order valence-electron chi connectivity index (χ3n) is 2.60. The van der Waals surface area contributed by atoms with Crippen LogP contribution in [0.1, 0.15) is 16.7 Å². The number of hydrogen-bond acceptors (Lipinski definition) is 2. The maximum absolute atomic E-state index is 5.66. The Bertz CT molecular complexity index is 477. The molecule has 2 aromatic rings. The summed E-state index contributed by atoms with van der Waals surface area (Å²) in [6.07, 6.45) is 0. The Labute approximate surface area is 107 Å². The summed E-state index contributed by atoms with van der Waals surface area (Å²) in [6.45, 7) is 2.13. The number of aryl methyl sites for hydroxylation is 1. The van der Waals surface area contributed by atoms with E-state index in [9.17, 15) is 0 Å². The van der Waals surface area contributed by atoms with E-state index in [-0.39, 0.29) is 0 Å². The van der Waals surface area contributed by atoms with E-state index >= 15 is 0 Å². The van der Waals surface area contributed by atoms with E-state index in [1.165, 1.54) is 16.7 Å². The number of anilines is 1. The highest BCUT2D eigenvalue weighted by atomic mass is 32.2. The molecule has 0 unspecified atom stereocenters. The van der Waals surface area contributed by atoms with Gasteiger partial charge in [0, 0.05) is 17.2 Å². The molecule has 17 heavy (non-hydrogen) atoms. The maximum atomic E-state index is 5.66. The molecule has 2 rings (SSSR count). The van der Waals surface area contributed by atoms with Gasteiger partial charge in [-0.2, -0.15) is 11.8 Å². The maximum Gasteiger partial charge on any atom is 0.0314 e. The molecular formula is C15H17NS. The van der Waals surface area contributed by atoms with Gasteiger partial charge in [-0.1, -0.05) is 42.0 Å². The lowest BCUT2D eigenvalue weighted by Crippen LogP contribution is -1.87. The zero-order valence-corrected chi connectivity index (χ0v) is 10.8. The van der Waals surface area contributed by atoms with Gasteiger partial charge in [0.25, 0.3) is 0 Å². The minimum absolute atomic E-state index is 0.831. The van der Waals surface area contributed by atoms with Crippen LogP contribution in [0.4, 0.5) is 5.69 Å². The first-order chi connectivity index (χ1) is 8.24. The second kappa shape index (κ2) is 5.78. The van der Waals surface area contributed by atoms with Gasteiger partial charge in [-0.15, -0.1) is 0 Å². The Morgan fingerprint density at radius 3 is 2.35 bits per heavy atom. The van der Waals surface area contributed by atoms with E-state index in [1.54, 1.807) is 0 Å². The van der Waals surface area contributed by atoms with Gasteiger partial charge in [-0.3, -0.25) is 0 Å². The molecule has 88 valence electrons. The molecule has 2 aromatic carbocycles. The van der Waals surface area contributed by atoms with Gasteiger partial charge in [-0.05, 0) is 30.2 Å². The van der Waals surface area contributed by atoms with Gasteiger partial charge < -0.3 is 5.73 Å². The van der Waals surface area contributed by atoms with Crippen molar-refractivity contribution in [3.63, 3.8) is 0 Å². The van der Waals surface area contributed by atoms with Crippen LogP contribution in [0, 0.1) is 6.92 Å². The van der Waals surface area contributed by atoms with E-state index in [0.29, 0.717) is 0 Å². The van der Waals surface area contributed by atoms with Crippen LogP contribution in [0.2, 0.25) is 0 Å². The molecule has 0 saturated carbocycles. The molecule has 0 bridgehead atoms. The quantitative estimate of drug-likeness (QED) is 0.821. The summed E-state index contributed by atoms with van der Waals surface area (Å²) in [7, 11) is 0. The highest BCUT2D eigenvalue weighted by Gasteiger charge is 1.96. The zero-order chi connectivity index (χ0) is 12.1. The topological polar surface area (TPSA) is 26.0 Å². The Morgan fingerprint density at radius 2 is 1.65 bits per heavy atom. The summed E-state index contributed by atoms with van der Waals surface area (Å²) in [5, 5.41) is 0. The van der Waals surface area contributed by atoms with Crippen LogP contribution in [0.25, 0.3) is 0 Å². The van der Waals surface area contributed by atoms with Gasteiger partial charge in [0.05, 0.1) is 0 Å². The molecule has 2 heteroatoms. The average molecular weight is 243 g/mol. The van der Waals surface area contributed by atoms with Crippen LogP contribution in [-0.2, 0) is 11.5 Å². The van der Waals surface area contributed by atoms with E-state index in [2.05, 4.69) is 43.3 Å². The smallest absolute Gasteiger partial charge is 0.0314 e. The van der Waals surface area contributed by atoms with E-state index in [4.69, 9.17) is 5.73 Å². The molecule has 0 spiro atoms. The first-order valence-electron chi connectivity index (χ1n) is 5.72. The lowest BCUT2D eigenvalue weighted by molar-refractivity contribution is 1.33. The van der Waals surface area contributed by atoms with Gasteiger partial charge in [0.2, 0.25) is 0 Å². The molecule has 1 nitrogen and oxygen atoms in total. The number of nitrogen functional groups attached to an aromatic ring is 1. The Kier molecular flexibility index (Phi) is 4.10. The molecule has 2 N–H and O–H groups in total. The van der Waals surface area contributed by atoms with Crippen molar-refractivity contribution in [2.75, 3.05) is 5.73 Å². The number of rotatable bonds is 4. The number of benzene rings is 2. The molecule has 0 aliphatic carbocycles. The molecule has 0 aliphatic rings. The normalized spacial score (nSPS) is 10.4. The lowest BCUT2D eigenvalue weighted by atomic mass is 10.2. The third kappa shape index (κ3) is 3.82. The average Bonchev–Trinajstić information content (AvgIpc) is 2.32. The van der Waals surface area contributed by atoms with Crippen LogP contribution in [0.3, 0.4) is 0 Å². The van der Waals surface area contributed by atoms with Crippen LogP contribution in [0.15, 0.2) is 48.5 Å². The molecule has 0 heterocycles. The summed E-state index contributed by atoms with van der Waals surface area (Å²) in [5.41, 5.74) is 10.5. The molecule has 0 aromatic heterocycles. The third-order valence-corrected chi connectivity index (χ3v) is 3.67. The lowest BCUT2D eigenvalue weighted by Gasteiger charge is -2.04. The fourth-order valence-electron chi connectivity index (χ4n) is 1.70. The fourth-order valence-corrected chi connectivity index (χ4v) is 2.65. The van der Waals surface area contributed by atoms with Gasteiger partial charge in [0.15, 0.2) is 0 Å². The minimum Gasteiger partial charge on any atom is -0.399 e. The highest BCUT2D eigenvalue weighted by molar-refractivity contribution is 7.97. The minimum atomic E-state index is 0.831. The molecule has 0 aliphatic heterocycles. The summed E-state index contributed by atoms with van der Waals surface area (Å²) >= 11 is 1.93. The van der Waals surface area contributed by atoms with Gasteiger partial charge in [-0.25, -0.2) is 0 Å². The molecule has 0 radical (unpaired) electrons. The monoisotopic (exact) mass is 243 g/mol. The molecule has 0 fully saturated rings. The van der Waals surface area contributed by atoms with Crippen molar-refractivity contribution >= 4 is 17.4 Å². The molecule has 0 atom stereocenters. The second-order valence-electron chi connectivity index (χ2n) is 4.22. The van der Waals surface area contributed by atoms with Crippen LogP contribution in [0.5, 0.6) is 0 Å². The number of thioether (sulfide) groups is 1. The summed E-state index contributed by atoms with van der Waals surface area (Å²) < 4.78 is 0. The fraction of sp³-hybridized carbons (Fsp3) is 0.200. The largest absolute Gasteiger partial charge is 0.399 e. The first kappa shape index (κ1) is 12.1. The van der Waals surface area contributed by atoms with E-state index < -0.39 is 0 Å². The summed E-state index contributed by atoms with van der Waals surface area (Å²) in [4.78, 5) is 0. The van der Waals surface area contributed by atoms with Gasteiger partial charge >= 0.3 is 0 Å². The van der Waals surface area contributed by atoms with Crippen molar-refractivity contribution in [3.05, 3.63) is 65.2 Å². The van der Waals surface area contributed by atoms with Crippen LogP contribution >= 0.6 is 11.8 Å². The zero-order valence-electron chi connectivity index (χ0n) is 10.0. The molecular weight excluding hydrogens is 226 g/mol.